The van der Waals surface area contributed by atoms with Crippen molar-refractivity contribution in [2.24, 2.45) is 0 Å². The second-order valence-corrected chi connectivity index (χ2v) is 13.6. The van der Waals surface area contributed by atoms with Crippen molar-refractivity contribution in [2.45, 2.75) is 58.6 Å². The number of hydrogen-bond acceptors (Lipinski definition) is 9. The van der Waals surface area contributed by atoms with Gasteiger partial charge in [-0.25, -0.2) is 9.97 Å². The predicted octanol–water partition coefficient (Wildman–Crippen LogP) is 9.21. The molecule has 0 bridgehead atoms. The third kappa shape index (κ3) is 7.47. The molecule has 2 aromatic heterocycles. The fourth-order valence-electron chi connectivity index (χ4n) is 7.27. The van der Waals surface area contributed by atoms with Crippen molar-refractivity contribution in [1.82, 2.24) is 19.8 Å². The third-order valence-electron chi connectivity index (χ3n) is 9.88. The number of aromatic nitrogens is 2. The van der Waals surface area contributed by atoms with Crippen molar-refractivity contribution < 1.29 is 45.4 Å². The zero-order valence-electron chi connectivity index (χ0n) is 29.9. The molecule has 1 aliphatic heterocycles. The van der Waals surface area contributed by atoms with Crippen LogP contribution in [0.15, 0.2) is 69.5 Å². The van der Waals surface area contributed by atoms with Crippen molar-refractivity contribution in [2.75, 3.05) is 20.1 Å². The summed E-state index contributed by atoms with van der Waals surface area (Å²) in [5.41, 5.74) is 3.99. The average molecular weight is 760 g/mol. The van der Waals surface area contributed by atoms with Crippen LogP contribution in [0, 0.1) is 25.2 Å². The summed E-state index contributed by atoms with van der Waals surface area (Å²) in [5, 5.41) is 18.6. The average Bonchev–Trinajstić information content (AvgIpc) is 3.86. The molecule has 1 aliphatic rings. The van der Waals surface area contributed by atoms with Gasteiger partial charge in [-0.1, -0.05) is 24.3 Å². The van der Waals surface area contributed by atoms with Gasteiger partial charge < -0.3 is 18.7 Å². The molecule has 0 radical (unpaired) electrons. The SMILES string of the molecule is Cc1c(-c2nc3cc(CN4CCC[C@H]4C(=O)O)c(OC(F)F)cc3o2)cccc1-c1cccc(-c2nc3cc(CN(C)CC#N)cc(C(F)(F)F)c3o2)c1C. The van der Waals surface area contributed by atoms with Crippen LogP contribution in [0.2, 0.25) is 0 Å². The van der Waals surface area contributed by atoms with E-state index >= 15 is 0 Å². The van der Waals surface area contributed by atoms with Crippen LogP contribution in [0.1, 0.15) is 40.7 Å². The van der Waals surface area contributed by atoms with Crippen molar-refractivity contribution in [3.63, 3.8) is 0 Å². The van der Waals surface area contributed by atoms with E-state index in [0.717, 1.165) is 22.8 Å². The number of carbonyl (C=O) groups is 1. The van der Waals surface area contributed by atoms with Crippen LogP contribution in [0.25, 0.3) is 56.2 Å². The lowest BCUT2D eigenvalue weighted by Gasteiger charge is -2.22. The number of fused-ring (bicyclic) bond motifs is 2. The molecule has 6 aromatic rings. The van der Waals surface area contributed by atoms with Crippen molar-refractivity contribution in [3.05, 3.63) is 88.5 Å². The lowest BCUT2D eigenvalue weighted by atomic mass is 9.91. The van der Waals surface area contributed by atoms with Gasteiger partial charge in [0.25, 0.3) is 0 Å². The van der Waals surface area contributed by atoms with Crippen LogP contribution in [-0.2, 0) is 24.1 Å². The van der Waals surface area contributed by atoms with Gasteiger partial charge in [0.05, 0.1) is 12.6 Å². The van der Waals surface area contributed by atoms with Crippen molar-refractivity contribution in [3.8, 4) is 45.9 Å². The first-order chi connectivity index (χ1) is 26.2. The van der Waals surface area contributed by atoms with Gasteiger partial charge in [0.15, 0.2) is 11.2 Å². The Bertz CT molecular complexity index is 2470. The fraction of sp³-hybridized carbons (Fsp3) is 0.300. The largest absolute Gasteiger partial charge is 0.480 e. The Labute approximate surface area is 311 Å². The Hall–Kier alpha value is -5.85. The zero-order chi connectivity index (χ0) is 39.2. The number of aliphatic carboxylic acids is 1. The summed E-state index contributed by atoms with van der Waals surface area (Å²) in [6.07, 6.45) is -3.60. The molecule has 15 heteroatoms. The minimum Gasteiger partial charge on any atom is -0.480 e. The normalized spacial score (nSPS) is 15.1. The van der Waals surface area contributed by atoms with Crippen molar-refractivity contribution >= 4 is 28.2 Å². The summed E-state index contributed by atoms with van der Waals surface area (Å²) in [6, 6.07) is 17.5. The smallest absolute Gasteiger partial charge is 0.420 e. The number of likely N-dealkylation sites (tertiary alicyclic amines) is 1. The zero-order valence-corrected chi connectivity index (χ0v) is 29.9. The number of carboxylic acid groups (broad SMARTS) is 1. The number of hydrogen-bond donors (Lipinski definition) is 1. The molecule has 1 fully saturated rings. The Morgan fingerprint density at radius 3 is 2.25 bits per heavy atom. The molecule has 7 rings (SSSR count). The van der Waals surface area contributed by atoms with Gasteiger partial charge in [-0.05, 0) is 98.4 Å². The monoisotopic (exact) mass is 759 g/mol. The molecule has 284 valence electrons. The summed E-state index contributed by atoms with van der Waals surface area (Å²) < 4.78 is 86.4. The van der Waals surface area contributed by atoms with Gasteiger partial charge in [0.2, 0.25) is 11.8 Å². The van der Waals surface area contributed by atoms with Crippen LogP contribution in [-0.4, -0.2) is 63.6 Å². The topological polar surface area (TPSA) is 129 Å². The summed E-state index contributed by atoms with van der Waals surface area (Å²) in [4.78, 5) is 24.3. The van der Waals surface area contributed by atoms with Crippen LogP contribution >= 0.6 is 0 Å². The highest BCUT2D eigenvalue weighted by atomic mass is 19.4. The first-order valence-electron chi connectivity index (χ1n) is 17.3. The van der Waals surface area contributed by atoms with Gasteiger partial charge in [-0.2, -0.15) is 27.2 Å². The van der Waals surface area contributed by atoms with E-state index in [9.17, 15) is 31.9 Å². The summed E-state index contributed by atoms with van der Waals surface area (Å²) in [6.45, 7) is 1.27. The first-order valence-corrected chi connectivity index (χ1v) is 17.3. The van der Waals surface area contributed by atoms with Gasteiger partial charge >= 0.3 is 18.8 Å². The third-order valence-corrected chi connectivity index (χ3v) is 9.88. The minimum atomic E-state index is -4.71. The van der Waals surface area contributed by atoms with Gasteiger partial charge in [0, 0.05) is 35.8 Å². The molecule has 0 aliphatic carbocycles. The van der Waals surface area contributed by atoms with E-state index in [1.54, 1.807) is 47.2 Å². The molecule has 1 N–H and O–H groups in total. The van der Waals surface area contributed by atoms with E-state index in [1.165, 1.54) is 12.1 Å². The Morgan fingerprint density at radius 1 is 1.00 bits per heavy atom. The Balaban J connectivity index is 1.25. The highest BCUT2D eigenvalue weighted by Gasteiger charge is 2.36. The fourth-order valence-corrected chi connectivity index (χ4v) is 7.27. The standard InChI is InChI=1S/C40H34F5N5O5/c1-21-25(26-8-5-10-28(22(26)2)37-48-31-16-23(19-49(3)14-12-46)15-29(35(31)55-37)40(43,44)45)7-4-9-27(21)36-47-30-17-24(20-50-13-6-11-32(50)38(51)52)33(54-39(41)42)18-34(30)53-36/h4-5,7-10,15-18,32,39H,6,11,13-14,19-20H2,1-3H3,(H,51,52)/t32-/m0/s1. The Morgan fingerprint density at radius 2 is 1.64 bits per heavy atom. The number of ether oxygens (including phenoxy) is 1. The highest BCUT2D eigenvalue weighted by molar-refractivity contribution is 5.86. The Kier molecular flexibility index (Phi) is 10.1. The number of benzene rings is 4. The minimum absolute atomic E-state index is 0.0105. The number of oxazole rings is 2. The van der Waals surface area contributed by atoms with Crippen LogP contribution in [0.4, 0.5) is 22.0 Å². The predicted molar refractivity (Wildman–Crippen MR) is 192 cm³/mol. The van der Waals surface area contributed by atoms with E-state index in [2.05, 4.69) is 9.97 Å². The number of alkyl halides is 5. The molecule has 4 aromatic carbocycles. The van der Waals surface area contributed by atoms with E-state index in [1.807, 2.05) is 32.0 Å². The molecule has 3 heterocycles. The summed E-state index contributed by atoms with van der Waals surface area (Å²) in [5.74, 6) is -0.896. The summed E-state index contributed by atoms with van der Waals surface area (Å²) in [7, 11) is 1.64. The molecule has 0 saturated carbocycles. The molecular weight excluding hydrogens is 725 g/mol. The molecule has 1 atom stereocenters. The molecule has 10 nitrogen and oxygen atoms in total. The van der Waals surface area contributed by atoms with Gasteiger partial charge in [0.1, 0.15) is 28.4 Å². The molecule has 0 unspecified atom stereocenters. The maximum atomic E-state index is 14.2. The number of halogens is 5. The van der Waals surface area contributed by atoms with E-state index < -0.39 is 30.4 Å². The second kappa shape index (κ2) is 14.8. The van der Waals surface area contributed by atoms with Gasteiger partial charge in [-0.15, -0.1) is 0 Å². The number of rotatable bonds is 11. The lowest BCUT2D eigenvalue weighted by molar-refractivity contribution is -0.142. The quantitative estimate of drug-likeness (QED) is 0.101. The second-order valence-electron chi connectivity index (χ2n) is 13.6. The van der Waals surface area contributed by atoms with Gasteiger partial charge in [-0.3, -0.25) is 14.6 Å². The maximum Gasteiger partial charge on any atom is 0.420 e. The molecule has 55 heavy (non-hydrogen) atoms. The first kappa shape index (κ1) is 37.5. The number of nitrogens with zero attached hydrogens (tertiary/aromatic N) is 5. The molecule has 0 spiro atoms. The lowest BCUT2D eigenvalue weighted by Crippen LogP contribution is -2.35. The van der Waals surface area contributed by atoms with Crippen LogP contribution in [0.5, 0.6) is 5.75 Å². The molecule has 1 saturated heterocycles. The molecule has 0 amide bonds. The highest BCUT2D eigenvalue weighted by Crippen LogP contribution is 2.41. The van der Waals surface area contributed by atoms with Crippen LogP contribution in [0.3, 0.4) is 0 Å². The van der Waals surface area contributed by atoms with E-state index in [-0.39, 0.29) is 53.8 Å². The number of nitriles is 1. The van der Waals surface area contributed by atoms with E-state index in [4.69, 9.17) is 18.8 Å². The summed E-state index contributed by atoms with van der Waals surface area (Å²) >= 11 is 0. The molecular formula is C40H34F5N5O5. The van der Waals surface area contributed by atoms with Crippen molar-refractivity contribution in [1.29, 1.82) is 5.26 Å². The number of carboxylic acids is 1. The maximum absolute atomic E-state index is 14.2. The van der Waals surface area contributed by atoms with E-state index in [0.29, 0.717) is 52.7 Å². The van der Waals surface area contributed by atoms with Crippen LogP contribution < -0.4 is 4.74 Å².